The van der Waals surface area contributed by atoms with Gasteiger partial charge in [0.25, 0.3) is 0 Å². The third kappa shape index (κ3) is 5.13. The maximum atomic E-state index is 3.58. The summed E-state index contributed by atoms with van der Waals surface area (Å²) in [7, 11) is 0. The standard InChI is InChI=1S/C14H25NS/c1-11(2)8-15-9-14(12(3)4)7-13-5-6-16-10-13/h5-6,10-12,14-15H,7-9H2,1-4H3. The van der Waals surface area contributed by atoms with Gasteiger partial charge in [-0.05, 0) is 59.7 Å². The molecule has 1 rings (SSSR count). The van der Waals surface area contributed by atoms with Crippen LogP contribution in [0.25, 0.3) is 0 Å². The molecule has 1 aromatic rings. The summed E-state index contributed by atoms with van der Waals surface area (Å²) in [6.07, 6.45) is 1.21. The van der Waals surface area contributed by atoms with Gasteiger partial charge >= 0.3 is 0 Å². The summed E-state index contributed by atoms with van der Waals surface area (Å²) in [4.78, 5) is 0. The molecule has 0 aliphatic heterocycles. The van der Waals surface area contributed by atoms with Crippen LogP contribution in [0.15, 0.2) is 16.8 Å². The molecule has 1 N–H and O–H groups in total. The fourth-order valence-electron chi connectivity index (χ4n) is 1.81. The zero-order chi connectivity index (χ0) is 12.0. The average Bonchev–Trinajstić information content (AvgIpc) is 2.68. The molecule has 16 heavy (non-hydrogen) atoms. The molecule has 2 heteroatoms. The van der Waals surface area contributed by atoms with Gasteiger partial charge in [-0.2, -0.15) is 11.3 Å². The zero-order valence-electron chi connectivity index (χ0n) is 11.0. The summed E-state index contributed by atoms with van der Waals surface area (Å²) in [6, 6.07) is 2.25. The minimum atomic E-state index is 0.744. The Morgan fingerprint density at radius 2 is 1.94 bits per heavy atom. The lowest BCUT2D eigenvalue weighted by Crippen LogP contribution is -2.30. The molecule has 0 aromatic carbocycles. The normalized spacial score (nSPS) is 13.6. The molecule has 92 valence electrons. The number of rotatable bonds is 7. The Hall–Kier alpha value is -0.340. The van der Waals surface area contributed by atoms with Crippen LogP contribution in [0.3, 0.4) is 0 Å². The first kappa shape index (κ1) is 13.7. The largest absolute Gasteiger partial charge is 0.316 e. The Labute approximate surface area is 104 Å². The summed E-state index contributed by atoms with van der Waals surface area (Å²) in [5, 5.41) is 8.03. The molecule has 0 amide bonds. The van der Waals surface area contributed by atoms with Crippen LogP contribution in [0.4, 0.5) is 0 Å². The first-order valence-corrected chi connectivity index (χ1v) is 7.25. The van der Waals surface area contributed by atoms with Crippen molar-refractivity contribution in [1.29, 1.82) is 0 Å². The van der Waals surface area contributed by atoms with Crippen molar-refractivity contribution < 1.29 is 0 Å². The van der Waals surface area contributed by atoms with Crippen molar-refractivity contribution in [3.63, 3.8) is 0 Å². The molecule has 0 bridgehead atoms. The summed E-state index contributed by atoms with van der Waals surface area (Å²) >= 11 is 1.80. The number of nitrogens with one attached hydrogen (secondary N) is 1. The van der Waals surface area contributed by atoms with Crippen molar-refractivity contribution >= 4 is 11.3 Å². The molecule has 0 aliphatic rings. The van der Waals surface area contributed by atoms with Gasteiger partial charge in [0.1, 0.15) is 0 Å². The maximum absolute atomic E-state index is 3.58. The minimum absolute atomic E-state index is 0.744. The van der Waals surface area contributed by atoms with E-state index >= 15 is 0 Å². The van der Waals surface area contributed by atoms with Crippen molar-refractivity contribution in [2.45, 2.75) is 34.1 Å². The second-order valence-corrected chi connectivity index (χ2v) is 6.17. The Balaban J connectivity index is 2.36. The highest BCUT2D eigenvalue weighted by Gasteiger charge is 2.14. The van der Waals surface area contributed by atoms with Crippen LogP contribution in [0.1, 0.15) is 33.3 Å². The van der Waals surface area contributed by atoms with Crippen LogP contribution in [0.5, 0.6) is 0 Å². The van der Waals surface area contributed by atoms with Crippen molar-refractivity contribution in [2.24, 2.45) is 17.8 Å². The molecular weight excluding hydrogens is 214 g/mol. The molecule has 0 aliphatic carbocycles. The highest BCUT2D eigenvalue weighted by atomic mass is 32.1. The topological polar surface area (TPSA) is 12.0 Å². The molecule has 1 heterocycles. The van der Waals surface area contributed by atoms with Gasteiger partial charge in [-0.1, -0.05) is 27.7 Å². The van der Waals surface area contributed by atoms with E-state index in [9.17, 15) is 0 Å². The quantitative estimate of drug-likeness (QED) is 0.763. The molecule has 1 unspecified atom stereocenters. The van der Waals surface area contributed by atoms with Crippen molar-refractivity contribution in [3.8, 4) is 0 Å². The van der Waals surface area contributed by atoms with Crippen LogP contribution in [-0.2, 0) is 6.42 Å². The predicted octanol–water partition coefficient (Wildman–Crippen LogP) is 3.81. The fraction of sp³-hybridized carbons (Fsp3) is 0.714. The van der Waals surface area contributed by atoms with Crippen molar-refractivity contribution in [3.05, 3.63) is 22.4 Å². The van der Waals surface area contributed by atoms with E-state index in [1.165, 1.54) is 12.0 Å². The van der Waals surface area contributed by atoms with Gasteiger partial charge < -0.3 is 5.32 Å². The van der Waals surface area contributed by atoms with E-state index in [2.05, 4.69) is 49.8 Å². The monoisotopic (exact) mass is 239 g/mol. The van der Waals surface area contributed by atoms with Gasteiger partial charge in [-0.25, -0.2) is 0 Å². The lowest BCUT2D eigenvalue weighted by molar-refractivity contribution is 0.353. The third-order valence-corrected chi connectivity index (χ3v) is 3.71. The zero-order valence-corrected chi connectivity index (χ0v) is 11.8. The van der Waals surface area contributed by atoms with E-state index in [4.69, 9.17) is 0 Å². The summed E-state index contributed by atoms with van der Waals surface area (Å²) in [5.41, 5.74) is 1.50. The molecule has 0 spiro atoms. The van der Waals surface area contributed by atoms with Crippen molar-refractivity contribution in [2.75, 3.05) is 13.1 Å². The second kappa shape index (κ2) is 7.08. The average molecular weight is 239 g/mol. The first-order valence-electron chi connectivity index (χ1n) is 6.31. The van der Waals surface area contributed by atoms with Crippen LogP contribution >= 0.6 is 11.3 Å². The minimum Gasteiger partial charge on any atom is -0.316 e. The molecule has 1 atom stereocenters. The predicted molar refractivity (Wildman–Crippen MR) is 74.1 cm³/mol. The van der Waals surface area contributed by atoms with E-state index in [-0.39, 0.29) is 0 Å². The SMILES string of the molecule is CC(C)CNCC(Cc1ccsc1)C(C)C. The van der Waals surface area contributed by atoms with Crippen LogP contribution < -0.4 is 5.32 Å². The highest BCUT2D eigenvalue weighted by Crippen LogP contribution is 2.18. The Bertz CT molecular complexity index is 264. The van der Waals surface area contributed by atoms with Crippen LogP contribution in [0, 0.1) is 17.8 Å². The molecule has 1 aromatic heterocycles. The number of thiophene rings is 1. The maximum Gasteiger partial charge on any atom is -0.00148 e. The second-order valence-electron chi connectivity index (χ2n) is 5.39. The Morgan fingerprint density at radius 1 is 1.19 bits per heavy atom. The van der Waals surface area contributed by atoms with Crippen LogP contribution in [-0.4, -0.2) is 13.1 Å². The molecule has 0 saturated carbocycles. The van der Waals surface area contributed by atoms with Gasteiger partial charge in [0.15, 0.2) is 0 Å². The first-order chi connectivity index (χ1) is 7.59. The van der Waals surface area contributed by atoms with Gasteiger partial charge in [-0.15, -0.1) is 0 Å². The number of hydrogen-bond acceptors (Lipinski definition) is 2. The van der Waals surface area contributed by atoms with Gasteiger partial charge in [0.2, 0.25) is 0 Å². The van der Waals surface area contributed by atoms with E-state index in [0.29, 0.717) is 0 Å². The Kier molecular flexibility index (Phi) is 6.07. The summed E-state index contributed by atoms with van der Waals surface area (Å²) < 4.78 is 0. The van der Waals surface area contributed by atoms with Crippen LogP contribution in [0.2, 0.25) is 0 Å². The fourth-order valence-corrected chi connectivity index (χ4v) is 2.49. The van der Waals surface area contributed by atoms with E-state index < -0.39 is 0 Å². The van der Waals surface area contributed by atoms with E-state index in [1.807, 2.05) is 0 Å². The van der Waals surface area contributed by atoms with Gasteiger partial charge in [-0.3, -0.25) is 0 Å². The van der Waals surface area contributed by atoms with Gasteiger partial charge in [0, 0.05) is 0 Å². The smallest absolute Gasteiger partial charge is 0.00148 e. The third-order valence-electron chi connectivity index (χ3n) is 2.98. The lowest BCUT2D eigenvalue weighted by Gasteiger charge is -2.21. The van der Waals surface area contributed by atoms with E-state index in [0.717, 1.165) is 30.8 Å². The van der Waals surface area contributed by atoms with Crippen molar-refractivity contribution in [1.82, 2.24) is 5.32 Å². The lowest BCUT2D eigenvalue weighted by atomic mass is 9.90. The molecule has 1 nitrogen and oxygen atoms in total. The molecule has 0 fully saturated rings. The highest BCUT2D eigenvalue weighted by molar-refractivity contribution is 7.07. The summed E-state index contributed by atoms with van der Waals surface area (Å²) in [6.45, 7) is 11.5. The molecule has 0 radical (unpaired) electrons. The Morgan fingerprint density at radius 3 is 2.44 bits per heavy atom. The summed E-state index contributed by atoms with van der Waals surface area (Å²) in [5.74, 6) is 2.25. The molecule has 0 saturated heterocycles. The van der Waals surface area contributed by atoms with Gasteiger partial charge in [0.05, 0.1) is 0 Å². The van der Waals surface area contributed by atoms with E-state index in [1.54, 1.807) is 11.3 Å². The molecular formula is C14H25NS. The number of hydrogen-bond donors (Lipinski definition) is 1.